The summed E-state index contributed by atoms with van der Waals surface area (Å²) in [6, 6.07) is 0.899. The van der Waals surface area contributed by atoms with Gasteiger partial charge in [0.15, 0.2) is 6.10 Å². The molecule has 1 saturated heterocycles. The SMILES string of the molecule is Cc1cnc([C@@H]2CC(N3C[C@@H](NS(C)(=O)=O)C(F)(F)C3)=NO2)c(-c2c(F)cc(F)cc2F)c1. The third-order valence-corrected chi connectivity index (χ3v) is 6.04. The summed E-state index contributed by atoms with van der Waals surface area (Å²) in [7, 11) is -3.87. The maximum Gasteiger partial charge on any atom is 0.282 e. The highest BCUT2D eigenvalue weighted by molar-refractivity contribution is 7.88. The number of halogens is 5. The molecule has 0 bridgehead atoms. The molecule has 2 aromatic rings. The maximum atomic E-state index is 14.5. The first-order valence-corrected chi connectivity index (χ1v) is 11.7. The van der Waals surface area contributed by atoms with Gasteiger partial charge in [0.25, 0.3) is 5.92 Å². The number of aryl methyl sites for hydroxylation is 1. The molecule has 0 spiro atoms. The summed E-state index contributed by atoms with van der Waals surface area (Å²) in [6.45, 7) is 0.521. The summed E-state index contributed by atoms with van der Waals surface area (Å²) in [5, 5.41) is 3.83. The molecule has 0 radical (unpaired) electrons. The van der Waals surface area contributed by atoms with Crippen molar-refractivity contribution in [2.45, 2.75) is 31.4 Å². The number of benzene rings is 1. The van der Waals surface area contributed by atoms with Crippen molar-refractivity contribution in [3.05, 3.63) is 53.1 Å². The lowest BCUT2D eigenvalue weighted by molar-refractivity contribution is -0.00123. The number of hydrogen-bond acceptors (Lipinski definition) is 6. The van der Waals surface area contributed by atoms with Crippen LogP contribution in [-0.2, 0) is 14.9 Å². The molecule has 0 unspecified atom stereocenters. The fourth-order valence-electron chi connectivity index (χ4n) is 3.90. The molecule has 2 aliphatic heterocycles. The minimum Gasteiger partial charge on any atom is -0.384 e. The van der Waals surface area contributed by atoms with Crippen LogP contribution in [0.25, 0.3) is 11.1 Å². The van der Waals surface area contributed by atoms with Gasteiger partial charge in [0, 0.05) is 30.4 Å². The summed E-state index contributed by atoms with van der Waals surface area (Å²) >= 11 is 0. The van der Waals surface area contributed by atoms with Crippen LogP contribution in [0.1, 0.15) is 23.8 Å². The van der Waals surface area contributed by atoms with Crippen molar-refractivity contribution in [2.24, 2.45) is 5.16 Å². The number of rotatable bonds is 4. The molecule has 4 rings (SSSR count). The fourth-order valence-corrected chi connectivity index (χ4v) is 4.66. The van der Waals surface area contributed by atoms with Crippen molar-refractivity contribution in [1.82, 2.24) is 14.6 Å². The van der Waals surface area contributed by atoms with E-state index in [1.807, 2.05) is 4.72 Å². The smallest absolute Gasteiger partial charge is 0.282 e. The molecule has 0 aliphatic carbocycles. The van der Waals surface area contributed by atoms with Crippen LogP contribution < -0.4 is 4.72 Å². The number of nitrogens with one attached hydrogen (secondary N) is 1. The summed E-state index contributed by atoms with van der Waals surface area (Å²) < 4.78 is 95.7. The van der Waals surface area contributed by atoms with Crippen LogP contribution in [0.3, 0.4) is 0 Å². The van der Waals surface area contributed by atoms with Gasteiger partial charge in [0.05, 0.1) is 30.5 Å². The molecule has 3 heterocycles. The van der Waals surface area contributed by atoms with Gasteiger partial charge in [-0.1, -0.05) is 5.16 Å². The van der Waals surface area contributed by atoms with E-state index >= 15 is 0 Å². The third-order valence-electron chi connectivity index (χ3n) is 5.33. The molecular weight excluding hydrogens is 471 g/mol. The van der Waals surface area contributed by atoms with Gasteiger partial charge in [0.1, 0.15) is 29.3 Å². The molecule has 2 atom stereocenters. The Morgan fingerprint density at radius 2 is 1.85 bits per heavy atom. The van der Waals surface area contributed by atoms with Gasteiger partial charge in [0.2, 0.25) is 10.0 Å². The largest absolute Gasteiger partial charge is 0.384 e. The number of alkyl halides is 2. The maximum absolute atomic E-state index is 14.5. The van der Waals surface area contributed by atoms with Crippen LogP contribution in [0, 0.1) is 24.4 Å². The third kappa shape index (κ3) is 4.78. The first-order valence-electron chi connectivity index (χ1n) is 9.78. The first-order chi connectivity index (χ1) is 15.3. The minimum absolute atomic E-state index is 0.0230. The number of oxime groups is 1. The molecule has 7 nitrogen and oxygen atoms in total. The number of aromatic nitrogens is 1. The lowest BCUT2D eigenvalue weighted by atomic mass is 9.97. The van der Waals surface area contributed by atoms with Gasteiger partial charge in [-0.15, -0.1) is 0 Å². The Kier molecular flexibility index (Phi) is 5.81. The Balaban J connectivity index is 1.60. The Labute approximate surface area is 186 Å². The van der Waals surface area contributed by atoms with E-state index in [1.165, 1.54) is 17.2 Å². The molecule has 0 saturated carbocycles. The number of hydrogen-bond donors (Lipinski definition) is 1. The normalized spacial score (nSPS) is 22.4. The van der Waals surface area contributed by atoms with Gasteiger partial charge < -0.3 is 9.74 Å². The number of nitrogens with zero attached hydrogens (tertiary/aromatic N) is 3. The van der Waals surface area contributed by atoms with E-state index in [1.54, 1.807) is 6.92 Å². The molecular formula is C20H19F5N4O3S. The summed E-state index contributed by atoms with van der Waals surface area (Å²) in [6.07, 6.45) is 1.23. The molecule has 178 valence electrons. The van der Waals surface area contributed by atoms with Gasteiger partial charge in [-0.05, 0) is 18.6 Å². The lowest BCUT2D eigenvalue weighted by Gasteiger charge is -2.17. The van der Waals surface area contributed by atoms with Crippen molar-refractivity contribution in [2.75, 3.05) is 19.3 Å². The number of likely N-dealkylation sites (tertiary alicyclic amines) is 1. The van der Waals surface area contributed by atoms with E-state index in [-0.39, 0.29) is 30.1 Å². The number of sulfonamides is 1. The summed E-state index contributed by atoms with van der Waals surface area (Å²) in [5.41, 5.74) is 0.199. The van der Waals surface area contributed by atoms with Crippen LogP contribution >= 0.6 is 0 Å². The van der Waals surface area contributed by atoms with E-state index < -0.39 is 57.7 Å². The standard InChI is InChI=1S/C20H19F5N4O3S/c1-10-3-12(18-13(22)4-11(21)5-14(18)23)19(26-7-10)15-6-17(27-32-15)29-8-16(20(24,25)9-29)28-33(2,30)31/h3-5,7,15-16,28H,6,8-9H2,1-2H3/t15-,16+/m0/s1. The fraction of sp³-hybridized carbons (Fsp3) is 0.400. The van der Waals surface area contributed by atoms with Gasteiger partial charge in [-0.3, -0.25) is 4.98 Å². The zero-order valence-corrected chi connectivity index (χ0v) is 18.3. The average Bonchev–Trinajstić information content (AvgIpc) is 3.25. The second kappa shape index (κ2) is 8.20. The van der Waals surface area contributed by atoms with Crippen molar-refractivity contribution in [3.63, 3.8) is 0 Å². The minimum atomic E-state index is -3.87. The Bertz CT molecular complexity index is 1220. The van der Waals surface area contributed by atoms with Crippen LogP contribution in [-0.4, -0.2) is 55.4 Å². The summed E-state index contributed by atoms with van der Waals surface area (Å²) in [4.78, 5) is 10.8. The number of pyridine rings is 1. The van der Waals surface area contributed by atoms with Crippen molar-refractivity contribution in [3.8, 4) is 11.1 Å². The van der Waals surface area contributed by atoms with Crippen molar-refractivity contribution < 1.29 is 35.2 Å². The van der Waals surface area contributed by atoms with Gasteiger partial charge in [-0.25, -0.2) is 35.1 Å². The molecule has 1 aromatic heterocycles. The van der Waals surface area contributed by atoms with E-state index in [2.05, 4.69) is 10.1 Å². The monoisotopic (exact) mass is 490 g/mol. The molecule has 2 aliphatic rings. The van der Waals surface area contributed by atoms with Crippen LogP contribution in [0.15, 0.2) is 29.6 Å². The van der Waals surface area contributed by atoms with Crippen molar-refractivity contribution in [1.29, 1.82) is 0 Å². The van der Waals surface area contributed by atoms with Crippen LogP contribution in [0.4, 0.5) is 22.0 Å². The predicted octanol–water partition coefficient (Wildman–Crippen LogP) is 3.12. The Morgan fingerprint density at radius 1 is 1.18 bits per heavy atom. The predicted molar refractivity (Wildman–Crippen MR) is 108 cm³/mol. The van der Waals surface area contributed by atoms with Crippen LogP contribution in [0.5, 0.6) is 0 Å². The molecule has 1 fully saturated rings. The van der Waals surface area contributed by atoms with E-state index in [0.717, 1.165) is 6.26 Å². The average molecular weight is 490 g/mol. The zero-order chi connectivity index (χ0) is 24.1. The van der Waals surface area contributed by atoms with Crippen LogP contribution in [0.2, 0.25) is 0 Å². The van der Waals surface area contributed by atoms with E-state index in [0.29, 0.717) is 17.7 Å². The van der Waals surface area contributed by atoms with E-state index in [4.69, 9.17) is 4.84 Å². The second-order valence-electron chi connectivity index (χ2n) is 8.08. The number of amidine groups is 1. The highest BCUT2D eigenvalue weighted by Crippen LogP contribution is 2.38. The molecule has 0 amide bonds. The zero-order valence-electron chi connectivity index (χ0n) is 17.4. The Morgan fingerprint density at radius 3 is 2.48 bits per heavy atom. The highest BCUT2D eigenvalue weighted by Gasteiger charge is 2.51. The topological polar surface area (TPSA) is 83.9 Å². The lowest BCUT2D eigenvalue weighted by Crippen LogP contribution is -2.46. The van der Waals surface area contributed by atoms with E-state index in [9.17, 15) is 30.4 Å². The summed E-state index contributed by atoms with van der Waals surface area (Å²) in [5.74, 6) is -6.57. The molecule has 1 N–H and O–H groups in total. The molecule has 33 heavy (non-hydrogen) atoms. The first kappa shape index (κ1) is 23.4. The molecule has 13 heteroatoms. The quantitative estimate of drug-likeness (QED) is 0.666. The van der Waals surface area contributed by atoms with Crippen molar-refractivity contribution >= 4 is 15.9 Å². The Hall–Kier alpha value is -2.80. The van der Waals surface area contributed by atoms with Gasteiger partial charge in [-0.2, -0.15) is 0 Å². The second-order valence-corrected chi connectivity index (χ2v) is 9.86. The van der Waals surface area contributed by atoms with Gasteiger partial charge >= 0.3 is 0 Å². The molecule has 1 aromatic carbocycles. The highest BCUT2D eigenvalue weighted by atomic mass is 32.2.